The van der Waals surface area contributed by atoms with Gasteiger partial charge in [-0.05, 0) is 56.4 Å². The molecule has 0 bridgehead atoms. The third-order valence-corrected chi connectivity index (χ3v) is 4.86. The topological polar surface area (TPSA) is 30.7 Å². The maximum absolute atomic E-state index is 4.75. The number of thiazole rings is 1. The Labute approximate surface area is 115 Å². The standard InChI is InChI=1S/C15H15N3S/c1-9-6-7-14-12(8-9)16-15(19-14)18-13-5-3-4-11(13)10(2)17-18/h6-8H,3-5H2,1-2H3. The summed E-state index contributed by atoms with van der Waals surface area (Å²) in [5, 5.41) is 5.69. The maximum atomic E-state index is 4.75. The van der Waals surface area contributed by atoms with Gasteiger partial charge in [-0.2, -0.15) is 5.10 Å². The Hall–Kier alpha value is -1.68. The fraction of sp³-hybridized carbons (Fsp3) is 0.333. The van der Waals surface area contributed by atoms with Crippen LogP contribution in [0.3, 0.4) is 0 Å². The molecule has 2 aromatic heterocycles. The Bertz CT molecular complexity index is 782. The van der Waals surface area contributed by atoms with E-state index in [9.17, 15) is 0 Å². The van der Waals surface area contributed by atoms with E-state index < -0.39 is 0 Å². The molecule has 1 aromatic carbocycles. The van der Waals surface area contributed by atoms with Gasteiger partial charge in [0.2, 0.25) is 5.13 Å². The first-order chi connectivity index (χ1) is 9.22. The van der Waals surface area contributed by atoms with Crippen LogP contribution in [0.15, 0.2) is 18.2 Å². The van der Waals surface area contributed by atoms with E-state index in [1.54, 1.807) is 11.3 Å². The van der Waals surface area contributed by atoms with Crippen LogP contribution in [0.25, 0.3) is 15.3 Å². The molecule has 1 aliphatic carbocycles. The Balaban J connectivity index is 1.93. The van der Waals surface area contributed by atoms with Gasteiger partial charge in [0.1, 0.15) is 0 Å². The summed E-state index contributed by atoms with van der Waals surface area (Å²) < 4.78 is 3.30. The average Bonchev–Trinajstić information content (AvgIpc) is 3.05. The van der Waals surface area contributed by atoms with Crippen molar-refractivity contribution >= 4 is 21.6 Å². The summed E-state index contributed by atoms with van der Waals surface area (Å²) in [6.07, 6.45) is 3.55. The largest absolute Gasteiger partial charge is 0.218 e. The van der Waals surface area contributed by atoms with E-state index in [4.69, 9.17) is 4.98 Å². The Morgan fingerprint density at radius 3 is 3.00 bits per heavy atom. The van der Waals surface area contributed by atoms with Gasteiger partial charge in [-0.1, -0.05) is 17.4 Å². The predicted octanol–water partition coefficient (Wildman–Crippen LogP) is 3.59. The molecule has 3 nitrogen and oxygen atoms in total. The maximum Gasteiger partial charge on any atom is 0.211 e. The summed E-state index contributed by atoms with van der Waals surface area (Å²) in [7, 11) is 0. The highest BCUT2D eigenvalue weighted by atomic mass is 32.1. The average molecular weight is 269 g/mol. The minimum Gasteiger partial charge on any atom is -0.218 e. The highest BCUT2D eigenvalue weighted by molar-refractivity contribution is 7.20. The van der Waals surface area contributed by atoms with Crippen LogP contribution in [-0.4, -0.2) is 14.8 Å². The van der Waals surface area contributed by atoms with Gasteiger partial charge in [0, 0.05) is 0 Å². The lowest BCUT2D eigenvalue weighted by Gasteiger charge is -1.99. The normalized spacial score (nSPS) is 14.2. The molecule has 0 spiro atoms. The minimum absolute atomic E-state index is 1.01. The summed E-state index contributed by atoms with van der Waals surface area (Å²) in [6, 6.07) is 6.44. The molecule has 0 radical (unpaired) electrons. The van der Waals surface area contributed by atoms with Gasteiger partial charge in [0.25, 0.3) is 0 Å². The third-order valence-electron chi connectivity index (χ3n) is 3.84. The summed E-state index contributed by atoms with van der Waals surface area (Å²) in [5.41, 5.74) is 6.32. The lowest BCUT2D eigenvalue weighted by Crippen LogP contribution is -2.00. The van der Waals surface area contributed by atoms with Crippen LogP contribution in [0.5, 0.6) is 0 Å². The van der Waals surface area contributed by atoms with E-state index in [1.165, 1.54) is 40.1 Å². The van der Waals surface area contributed by atoms with Crippen molar-refractivity contribution in [2.24, 2.45) is 0 Å². The first kappa shape index (κ1) is 11.2. The van der Waals surface area contributed by atoms with Gasteiger partial charge >= 0.3 is 0 Å². The van der Waals surface area contributed by atoms with Crippen LogP contribution >= 0.6 is 11.3 Å². The molecular formula is C15H15N3S. The molecule has 0 amide bonds. The number of fused-ring (bicyclic) bond motifs is 2. The lowest BCUT2D eigenvalue weighted by molar-refractivity contribution is 0.770. The van der Waals surface area contributed by atoms with Crippen molar-refractivity contribution in [2.45, 2.75) is 33.1 Å². The van der Waals surface area contributed by atoms with Gasteiger partial charge in [-0.25, -0.2) is 9.67 Å². The second kappa shape index (κ2) is 3.90. The minimum atomic E-state index is 1.01. The molecule has 2 heterocycles. The third kappa shape index (κ3) is 1.63. The molecule has 4 rings (SSSR count). The van der Waals surface area contributed by atoms with Gasteiger partial charge < -0.3 is 0 Å². The summed E-state index contributed by atoms with van der Waals surface area (Å²) in [4.78, 5) is 4.75. The molecule has 4 heteroatoms. The summed E-state index contributed by atoms with van der Waals surface area (Å²) in [6.45, 7) is 4.21. The highest BCUT2D eigenvalue weighted by Gasteiger charge is 2.22. The van der Waals surface area contributed by atoms with Gasteiger partial charge in [-0.3, -0.25) is 0 Å². The molecule has 3 aromatic rings. The number of aryl methyl sites for hydroxylation is 2. The molecule has 0 fully saturated rings. The predicted molar refractivity (Wildman–Crippen MR) is 78.2 cm³/mol. The molecule has 19 heavy (non-hydrogen) atoms. The van der Waals surface area contributed by atoms with Crippen molar-refractivity contribution in [3.63, 3.8) is 0 Å². The molecule has 0 aliphatic heterocycles. The van der Waals surface area contributed by atoms with Gasteiger partial charge in [-0.15, -0.1) is 0 Å². The van der Waals surface area contributed by atoms with E-state index in [0.717, 1.165) is 17.1 Å². The molecule has 0 unspecified atom stereocenters. The first-order valence-corrected chi connectivity index (χ1v) is 7.49. The number of hydrogen-bond donors (Lipinski definition) is 0. The van der Waals surface area contributed by atoms with Crippen LogP contribution < -0.4 is 0 Å². The Kier molecular flexibility index (Phi) is 2.30. The number of benzene rings is 1. The molecule has 0 saturated heterocycles. The number of rotatable bonds is 1. The molecule has 1 aliphatic rings. The van der Waals surface area contributed by atoms with Crippen molar-refractivity contribution in [3.8, 4) is 5.13 Å². The second-order valence-corrected chi connectivity index (χ2v) is 6.25. The van der Waals surface area contributed by atoms with E-state index in [-0.39, 0.29) is 0 Å². The summed E-state index contributed by atoms with van der Waals surface area (Å²) in [5.74, 6) is 0. The van der Waals surface area contributed by atoms with Crippen LogP contribution in [0.1, 0.15) is 28.9 Å². The summed E-state index contributed by atoms with van der Waals surface area (Å²) >= 11 is 1.73. The van der Waals surface area contributed by atoms with Gasteiger partial charge in [0.05, 0.1) is 21.6 Å². The monoisotopic (exact) mass is 269 g/mol. The van der Waals surface area contributed by atoms with Crippen molar-refractivity contribution in [2.75, 3.05) is 0 Å². The van der Waals surface area contributed by atoms with E-state index in [1.807, 2.05) is 0 Å². The van der Waals surface area contributed by atoms with Crippen molar-refractivity contribution in [3.05, 3.63) is 40.7 Å². The quantitative estimate of drug-likeness (QED) is 0.676. The zero-order chi connectivity index (χ0) is 13.0. The molecule has 0 atom stereocenters. The fourth-order valence-corrected chi connectivity index (χ4v) is 3.82. The molecule has 0 N–H and O–H groups in total. The number of nitrogens with zero attached hydrogens (tertiary/aromatic N) is 3. The fourth-order valence-electron chi connectivity index (χ4n) is 2.90. The van der Waals surface area contributed by atoms with Crippen LogP contribution in [-0.2, 0) is 12.8 Å². The SMILES string of the molecule is Cc1ccc2sc(-n3nc(C)c4c3CCC4)nc2c1. The van der Waals surface area contributed by atoms with Crippen molar-refractivity contribution in [1.82, 2.24) is 14.8 Å². The van der Waals surface area contributed by atoms with Gasteiger partial charge in [0.15, 0.2) is 0 Å². The smallest absolute Gasteiger partial charge is 0.211 e. The van der Waals surface area contributed by atoms with Crippen molar-refractivity contribution in [1.29, 1.82) is 0 Å². The number of hydrogen-bond acceptors (Lipinski definition) is 3. The Morgan fingerprint density at radius 2 is 2.11 bits per heavy atom. The molecular weight excluding hydrogens is 254 g/mol. The highest BCUT2D eigenvalue weighted by Crippen LogP contribution is 2.31. The zero-order valence-electron chi connectivity index (χ0n) is 11.1. The van der Waals surface area contributed by atoms with Crippen molar-refractivity contribution < 1.29 is 0 Å². The van der Waals surface area contributed by atoms with Crippen LogP contribution in [0.4, 0.5) is 0 Å². The first-order valence-electron chi connectivity index (χ1n) is 6.67. The van der Waals surface area contributed by atoms with E-state index >= 15 is 0 Å². The molecule has 0 saturated carbocycles. The Morgan fingerprint density at radius 1 is 1.21 bits per heavy atom. The molecule has 96 valence electrons. The van der Waals surface area contributed by atoms with Crippen LogP contribution in [0.2, 0.25) is 0 Å². The van der Waals surface area contributed by atoms with E-state index in [2.05, 4.69) is 41.8 Å². The van der Waals surface area contributed by atoms with Crippen LogP contribution in [0, 0.1) is 13.8 Å². The second-order valence-electron chi connectivity index (χ2n) is 5.24. The zero-order valence-corrected chi connectivity index (χ0v) is 11.9. The van der Waals surface area contributed by atoms with E-state index in [0.29, 0.717) is 0 Å². The lowest BCUT2D eigenvalue weighted by atomic mass is 10.2. The number of aromatic nitrogens is 3.